The molecule has 0 radical (unpaired) electrons. The van der Waals surface area contributed by atoms with Crippen LogP contribution in [0.1, 0.15) is 30.2 Å². The van der Waals surface area contributed by atoms with Gasteiger partial charge in [0, 0.05) is 11.4 Å². The van der Waals surface area contributed by atoms with E-state index in [0.29, 0.717) is 18.9 Å². The molecule has 1 atom stereocenters. The van der Waals surface area contributed by atoms with Crippen molar-refractivity contribution in [1.29, 1.82) is 0 Å². The highest BCUT2D eigenvalue weighted by Crippen LogP contribution is 2.38. The molecule has 7 heteroatoms. The van der Waals surface area contributed by atoms with Crippen LogP contribution in [0.4, 0.5) is 5.95 Å². The predicted octanol–water partition coefficient (Wildman–Crippen LogP) is 2.01. The van der Waals surface area contributed by atoms with Gasteiger partial charge in [-0.3, -0.25) is 0 Å². The largest absolute Gasteiger partial charge is 0.391 e. The van der Waals surface area contributed by atoms with Gasteiger partial charge in [-0.25, -0.2) is 9.97 Å². The van der Waals surface area contributed by atoms with Crippen LogP contribution in [0.3, 0.4) is 0 Å². The Morgan fingerprint density at radius 2 is 2.38 bits per heavy atom. The molecular weight excluding hydrogens is 286 g/mol. The molecule has 0 aromatic carbocycles. The van der Waals surface area contributed by atoms with Crippen LogP contribution in [0.2, 0.25) is 0 Å². The highest BCUT2D eigenvalue weighted by atomic mass is 32.1. The van der Waals surface area contributed by atoms with Crippen LogP contribution in [0.15, 0.2) is 6.33 Å². The Bertz CT molecular complexity index is 809. The van der Waals surface area contributed by atoms with E-state index in [4.69, 9.17) is 4.98 Å². The second-order valence-corrected chi connectivity index (χ2v) is 6.49. The second kappa shape index (κ2) is 4.92. The summed E-state index contributed by atoms with van der Waals surface area (Å²) in [6, 6.07) is 0. The molecule has 0 bridgehead atoms. The number of aryl methyl sites for hydroxylation is 2. The summed E-state index contributed by atoms with van der Waals surface area (Å²) in [6.07, 6.45) is 5.38. The first-order valence-corrected chi connectivity index (χ1v) is 8.15. The maximum atomic E-state index is 9.72. The number of fused-ring (bicyclic) bond motifs is 5. The zero-order chi connectivity index (χ0) is 14.4. The lowest BCUT2D eigenvalue weighted by Gasteiger charge is -2.11. The number of aliphatic hydroxyl groups excluding tert-OH is 1. The van der Waals surface area contributed by atoms with Gasteiger partial charge < -0.3 is 10.4 Å². The van der Waals surface area contributed by atoms with Crippen LogP contribution in [0.5, 0.6) is 0 Å². The molecule has 0 aliphatic heterocycles. The first-order chi connectivity index (χ1) is 10.3. The van der Waals surface area contributed by atoms with Gasteiger partial charge in [-0.05, 0) is 31.2 Å². The highest BCUT2D eigenvalue weighted by molar-refractivity contribution is 7.19. The van der Waals surface area contributed by atoms with E-state index < -0.39 is 0 Å². The van der Waals surface area contributed by atoms with Crippen LogP contribution in [0, 0.1) is 0 Å². The normalized spacial score (nSPS) is 15.7. The van der Waals surface area contributed by atoms with Crippen LogP contribution < -0.4 is 5.32 Å². The molecule has 2 N–H and O–H groups in total. The number of nitrogens with one attached hydrogen (secondary N) is 1. The quantitative estimate of drug-likeness (QED) is 0.771. The average molecular weight is 303 g/mol. The molecule has 1 aliphatic carbocycles. The van der Waals surface area contributed by atoms with Crippen LogP contribution >= 0.6 is 11.3 Å². The zero-order valence-corrected chi connectivity index (χ0v) is 12.7. The maximum absolute atomic E-state index is 9.72. The molecule has 3 aromatic rings. The number of nitrogens with zero attached hydrogens (tertiary/aromatic N) is 4. The van der Waals surface area contributed by atoms with Crippen LogP contribution in [0.25, 0.3) is 15.9 Å². The van der Waals surface area contributed by atoms with Crippen molar-refractivity contribution in [1.82, 2.24) is 19.6 Å². The molecule has 21 heavy (non-hydrogen) atoms. The van der Waals surface area contributed by atoms with Crippen molar-refractivity contribution in [2.75, 3.05) is 11.9 Å². The molecule has 0 unspecified atom stereocenters. The third-order valence-electron chi connectivity index (χ3n) is 4.05. The minimum atomic E-state index is -0.380. The fourth-order valence-corrected chi connectivity index (χ4v) is 4.13. The van der Waals surface area contributed by atoms with Gasteiger partial charge in [-0.1, -0.05) is 6.92 Å². The van der Waals surface area contributed by atoms with E-state index in [1.165, 1.54) is 16.9 Å². The number of aromatic nitrogens is 4. The second-order valence-electron chi connectivity index (χ2n) is 5.41. The molecule has 1 aliphatic rings. The van der Waals surface area contributed by atoms with E-state index >= 15 is 0 Å². The summed E-state index contributed by atoms with van der Waals surface area (Å²) < 4.78 is 1.75. The summed E-state index contributed by atoms with van der Waals surface area (Å²) in [5.74, 6) is 0.655. The molecule has 6 nitrogen and oxygen atoms in total. The third kappa shape index (κ3) is 1.99. The van der Waals surface area contributed by atoms with Crippen molar-refractivity contribution < 1.29 is 5.11 Å². The van der Waals surface area contributed by atoms with E-state index in [1.54, 1.807) is 22.2 Å². The number of rotatable bonds is 4. The number of aliphatic hydroxyl groups is 1. The molecule has 0 saturated heterocycles. The lowest BCUT2D eigenvalue weighted by atomic mass is 10.2. The molecule has 0 saturated carbocycles. The van der Waals surface area contributed by atoms with Gasteiger partial charge >= 0.3 is 0 Å². The Labute approximate surface area is 125 Å². The molecule has 0 fully saturated rings. The Hall–Kier alpha value is -1.73. The van der Waals surface area contributed by atoms with Gasteiger partial charge in [0.25, 0.3) is 0 Å². The highest BCUT2D eigenvalue weighted by Gasteiger charge is 2.22. The Balaban J connectivity index is 1.85. The van der Waals surface area contributed by atoms with Gasteiger partial charge in [0.1, 0.15) is 11.2 Å². The molecule has 3 heterocycles. The molecule has 110 valence electrons. The first-order valence-electron chi connectivity index (χ1n) is 7.34. The Morgan fingerprint density at radius 3 is 3.24 bits per heavy atom. The molecular formula is C14H17N5OS. The third-order valence-corrected chi connectivity index (χ3v) is 5.23. The fourth-order valence-electron chi connectivity index (χ4n) is 2.88. The Morgan fingerprint density at radius 1 is 1.48 bits per heavy atom. The monoisotopic (exact) mass is 303 g/mol. The molecule has 4 rings (SSSR count). The van der Waals surface area contributed by atoms with Crippen LogP contribution in [-0.2, 0) is 12.8 Å². The summed E-state index contributed by atoms with van der Waals surface area (Å²) in [6.45, 7) is 2.42. The van der Waals surface area contributed by atoms with E-state index in [9.17, 15) is 5.11 Å². The summed E-state index contributed by atoms with van der Waals surface area (Å²) >= 11 is 1.76. The predicted molar refractivity (Wildman–Crippen MR) is 83.0 cm³/mol. The molecule has 0 spiro atoms. The maximum Gasteiger partial charge on any atom is 0.227 e. The van der Waals surface area contributed by atoms with Crippen molar-refractivity contribution in [3.63, 3.8) is 0 Å². The fraction of sp³-hybridized carbons (Fsp3) is 0.500. The average Bonchev–Trinajstić information content (AvgIpc) is 3.17. The van der Waals surface area contributed by atoms with Crippen molar-refractivity contribution in [2.45, 2.75) is 38.7 Å². The minimum absolute atomic E-state index is 0.380. The SMILES string of the molecule is CC[C@H](O)CNc1nc2sc3c(c2c2ncnn12)CCC3. The first kappa shape index (κ1) is 13.0. The standard InChI is InChI=1S/C14H17N5OS/c1-2-8(20)6-15-14-18-13-11(12-16-7-17-19(12)14)9-4-3-5-10(9)21-13/h7-8,20H,2-6H2,1H3,(H,15,18)/t8-/m0/s1. The summed E-state index contributed by atoms with van der Waals surface area (Å²) in [5, 5.41) is 18.3. The number of hydrogen-bond acceptors (Lipinski definition) is 6. The minimum Gasteiger partial charge on any atom is -0.391 e. The summed E-state index contributed by atoms with van der Waals surface area (Å²) in [5.41, 5.74) is 2.27. The van der Waals surface area contributed by atoms with Gasteiger partial charge in [-0.15, -0.1) is 11.3 Å². The van der Waals surface area contributed by atoms with Crippen molar-refractivity contribution in [3.8, 4) is 0 Å². The molecule has 0 amide bonds. The van der Waals surface area contributed by atoms with Gasteiger partial charge in [0.05, 0.1) is 11.5 Å². The lowest BCUT2D eigenvalue weighted by Crippen LogP contribution is -2.20. The van der Waals surface area contributed by atoms with Crippen molar-refractivity contribution in [3.05, 3.63) is 16.8 Å². The summed E-state index contributed by atoms with van der Waals surface area (Å²) in [4.78, 5) is 11.6. The smallest absolute Gasteiger partial charge is 0.227 e. The van der Waals surface area contributed by atoms with Gasteiger partial charge in [0.2, 0.25) is 5.95 Å². The number of thiophene rings is 1. The van der Waals surface area contributed by atoms with Gasteiger partial charge in [0.15, 0.2) is 5.65 Å². The van der Waals surface area contributed by atoms with Gasteiger partial charge in [-0.2, -0.15) is 9.61 Å². The van der Waals surface area contributed by atoms with Crippen molar-refractivity contribution >= 4 is 33.1 Å². The van der Waals surface area contributed by atoms with Crippen LogP contribution in [-0.4, -0.2) is 37.3 Å². The molecule has 3 aromatic heterocycles. The zero-order valence-electron chi connectivity index (χ0n) is 11.8. The number of anilines is 1. The van der Waals surface area contributed by atoms with E-state index in [1.807, 2.05) is 6.92 Å². The lowest BCUT2D eigenvalue weighted by molar-refractivity contribution is 0.183. The van der Waals surface area contributed by atoms with E-state index in [2.05, 4.69) is 15.4 Å². The van der Waals surface area contributed by atoms with E-state index in [-0.39, 0.29) is 6.10 Å². The van der Waals surface area contributed by atoms with E-state index in [0.717, 1.165) is 28.7 Å². The van der Waals surface area contributed by atoms with Crippen molar-refractivity contribution in [2.24, 2.45) is 0 Å². The summed E-state index contributed by atoms with van der Waals surface area (Å²) in [7, 11) is 0. The Kier molecular flexibility index (Phi) is 3.04. The number of hydrogen-bond donors (Lipinski definition) is 2. The topological polar surface area (TPSA) is 75.3 Å².